The summed E-state index contributed by atoms with van der Waals surface area (Å²) in [5, 5.41) is 7.04. The van der Waals surface area contributed by atoms with Crippen LogP contribution in [0.3, 0.4) is 0 Å². The average molecular weight is 237 g/mol. The van der Waals surface area contributed by atoms with Crippen LogP contribution in [0.15, 0.2) is 30.5 Å². The van der Waals surface area contributed by atoms with Crippen molar-refractivity contribution in [1.29, 1.82) is 0 Å². The van der Waals surface area contributed by atoms with Crippen molar-refractivity contribution in [2.45, 2.75) is 0 Å². The van der Waals surface area contributed by atoms with Crippen LogP contribution in [0.4, 0.5) is 11.5 Å². The summed E-state index contributed by atoms with van der Waals surface area (Å²) in [6, 6.07) is 7.17. The Kier molecular flexibility index (Phi) is 2.78. The Labute approximate surface area is 96.8 Å². The Balaban J connectivity index is 2.49. The highest BCUT2D eigenvalue weighted by atomic mass is 35.5. The van der Waals surface area contributed by atoms with Crippen LogP contribution in [-0.4, -0.2) is 16.2 Å². The zero-order chi connectivity index (χ0) is 11.5. The molecule has 0 fully saturated rings. The van der Waals surface area contributed by atoms with Crippen LogP contribution in [0.2, 0.25) is 5.02 Å². The van der Waals surface area contributed by atoms with Crippen molar-refractivity contribution in [3.8, 4) is 5.69 Å². The second-order valence-corrected chi connectivity index (χ2v) is 3.48. The Morgan fingerprint density at radius 2 is 2.19 bits per heavy atom. The molecule has 0 bridgehead atoms. The first-order valence-electron chi connectivity index (χ1n) is 4.52. The molecule has 16 heavy (non-hydrogen) atoms. The van der Waals surface area contributed by atoms with Gasteiger partial charge in [-0.1, -0.05) is 23.7 Å². The van der Waals surface area contributed by atoms with Gasteiger partial charge in [0, 0.05) is 0 Å². The van der Waals surface area contributed by atoms with Gasteiger partial charge in [0.1, 0.15) is 5.69 Å². The number of carbonyl (C=O) groups is 1. The highest BCUT2D eigenvalue weighted by Crippen LogP contribution is 2.25. The largest absolute Gasteiger partial charge is 0.382 e. The molecule has 2 aromatic rings. The van der Waals surface area contributed by atoms with E-state index in [0.717, 1.165) is 0 Å². The van der Waals surface area contributed by atoms with Gasteiger partial charge in [-0.15, -0.1) is 0 Å². The Hall–Kier alpha value is -2.01. The molecule has 0 saturated carbocycles. The SMILES string of the molecule is Nc1c(NC=O)cnn1-c1ccccc1Cl. The summed E-state index contributed by atoms with van der Waals surface area (Å²) in [6.45, 7) is 0. The topological polar surface area (TPSA) is 72.9 Å². The van der Waals surface area contributed by atoms with E-state index in [0.29, 0.717) is 28.6 Å². The van der Waals surface area contributed by atoms with Crippen molar-refractivity contribution < 1.29 is 4.79 Å². The highest BCUT2D eigenvalue weighted by Gasteiger charge is 2.10. The standard InChI is InChI=1S/C10H9ClN4O/c11-7-3-1-2-4-9(7)15-10(12)8(5-14-15)13-6-16/h1-6H,12H2,(H,13,16). The van der Waals surface area contributed by atoms with Crippen LogP contribution in [0.25, 0.3) is 5.69 Å². The number of carbonyl (C=O) groups excluding carboxylic acids is 1. The smallest absolute Gasteiger partial charge is 0.211 e. The van der Waals surface area contributed by atoms with Gasteiger partial charge >= 0.3 is 0 Å². The molecule has 1 amide bonds. The van der Waals surface area contributed by atoms with Gasteiger partial charge in [0.05, 0.1) is 16.9 Å². The van der Waals surface area contributed by atoms with E-state index >= 15 is 0 Å². The van der Waals surface area contributed by atoms with Crippen molar-refractivity contribution in [3.05, 3.63) is 35.5 Å². The number of benzene rings is 1. The number of halogens is 1. The molecule has 1 heterocycles. The number of nitrogens with two attached hydrogens (primary N) is 1. The molecule has 0 unspecified atom stereocenters. The third kappa shape index (κ3) is 1.72. The van der Waals surface area contributed by atoms with E-state index < -0.39 is 0 Å². The normalized spacial score (nSPS) is 10.1. The number of para-hydroxylation sites is 1. The van der Waals surface area contributed by atoms with Crippen LogP contribution in [0.5, 0.6) is 0 Å². The lowest BCUT2D eigenvalue weighted by Gasteiger charge is -2.06. The maximum Gasteiger partial charge on any atom is 0.211 e. The van der Waals surface area contributed by atoms with Crippen molar-refractivity contribution in [1.82, 2.24) is 9.78 Å². The van der Waals surface area contributed by atoms with Crippen LogP contribution in [0.1, 0.15) is 0 Å². The lowest BCUT2D eigenvalue weighted by molar-refractivity contribution is -0.105. The lowest BCUT2D eigenvalue weighted by atomic mass is 10.3. The number of nitrogens with one attached hydrogen (secondary N) is 1. The number of nitrogens with zero attached hydrogens (tertiary/aromatic N) is 2. The van der Waals surface area contributed by atoms with Crippen LogP contribution >= 0.6 is 11.6 Å². The van der Waals surface area contributed by atoms with Crippen molar-refractivity contribution in [3.63, 3.8) is 0 Å². The predicted octanol–water partition coefficient (Wildman–Crippen LogP) is 1.68. The highest BCUT2D eigenvalue weighted by molar-refractivity contribution is 6.32. The first kappa shape index (κ1) is 10.5. The van der Waals surface area contributed by atoms with Crippen molar-refractivity contribution in [2.75, 3.05) is 11.1 Å². The molecule has 0 aliphatic carbocycles. The Morgan fingerprint density at radius 3 is 2.88 bits per heavy atom. The molecule has 0 aliphatic heterocycles. The molecule has 0 spiro atoms. The quantitative estimate of drug-likeness (QED) is 0.797. The second-order valence-electron chi connectivity index (χ2n) is 3.07. The number of amides is 1. The molecule has 5 nitrogen and oxygen atoms in total. The second kappa shape index (κ2) is 4.24. The van der Waals surface area contributed by atoms with Gasteiger partial charge in [-0.2, -0.15) is 5.10 Å². The van der Waals surface area contributed by atoms with Crippen molar-refractivity contribution >= 4 is 29.5 Å². The van der Waals surface area contributed by atoms with Gasteiger partial charge in [0.2, 0.25) is 6.41 Å². The summed E-state index contributed by atoms with van der Waals surface area (Å²) in [4.78, 5) is 10.3. The summed E-state index contributed by atoms with van der Waals surface area (Å²) in [6.07, 6.45) is 2.01. The van der Waals surface area contributed by atoms with E-state index in [9.17, 15) is 4.79 Å². The summed E-state index contributed by atoms with van der Waals surface area (Å²) in [5.74, 6) is 0.334. The maximum atomic E-state index is 10.3. The minimum Gasteiger partial charge on any atom is -0.382 e. The summed E-state index contributed by atoms with van der Waals surface area (Å²) in [7, 11) is 0. The predicted molar refractivity (Wildman–Crippen MR) is 62.7 cm³/mol. The number of nitrogen functional groups attached to an aromatic ring is 1. The maximum absolute atomic E-state index is 10.3. The molecule has 1 aromatic heterocycles. The van der Waals surface area contributed by atoms with E-state index in [1.54, 1.807) is 12.1 Å². The molecule has 0 radical (unpaired) electrons. The average Bonchev–Trinajstić information content (AvgIpc) is 2.62. The lowest BCUT2D eigenvalue weighted by Crippen LogP contribution is -2.04. The van der Waals surface area contributed by atoms with Gasteiger partial charge in [0.15, 0.2) is 5.82 Å². The summed E-state index contributed by atoms with van der Waals surface area (Å²) < 4.78 is 1.47. The van der Waals surface area contributed by atoms with Crippen LogP contribution in [-0.2, 0) is 4.79 Å². The molecule has 6 heteroatoms. The van der Waals surface area contributed by atoms with E-state index in [1.165, 1.54) is 10.9 Å². The molecule has 1 aromatic carbocycles. The van der Waals surface area contributed by atoms with E-state index in [4.69, 9.17) is 17.3 Å². The van der Waals surface area contributed by atoms with Gasteiger partial charge < -0.3 is 11.1 Å². The van der Waals surface area contributed by atoms with Crippen LogP contribution < -0.4 is 11.1 Å². The number of hydrogen-bond acceptors (Lipinski definition) is 3. The first-order chi connectivity index (χ1) is 7.74. The molecule has 0 aliphatic rings. The molecular formula is C10H9ClN4O. The number of aromatic nitrogens is 2. The van der Waals surface area contributed by atoms with Crippen molar-refractivity contribution in [2.24, 2.45) is 0 Å². The third-order valence-electron chi connectivity index (χ3n) is 2.10. The fraction of sp³-hybridized carbons (Fsp3) is 0. The fourth-order valence-electron chi connectivity index (χ4n) is 1.35. The third-order valence-corrected chi connectivity index (χ3v) is 2.42. The zero-order valence-corrected chi connectivity index (χ0v) is 8.98. The van der Waals surface area contributed by atoms with Gasteiger partial charge in [-0.25, -0.2) is 4.68 Å². The number of hydrogen-bond donors (Lipinski definition) is 2. The molecule has 0 atom stereocenters. The van der Waals surface area contributed by atoms with E-state index in [2.05, 4.69) is 10.4 Å². The fourth-order valence-corrected chi connectivity index (χ4v) is 1.56. The summed E-state index contributed by atoms with van der Waals surface area (Å²) >= 11 is 6.01. The molecule has 3 N–H and O–H groups in total. The molecule has 0 saturated heterocycles. The Bertz CT molecular complexity index is 523. The van der Waals surface area contributed by atoms with Gasteiger partial charge in [-0.05, 0) is 12.1 Å². The summed E-state index contributed by atoms with van der Waals surface area (Å²) in [5.41, 5.74) is 6.93. The minimum absolute atomic E-state index is 0.334. The van der Waals surface area contributed by atoms with Gasteiger partial charge in [-0.3, -0.25) is 4.79 Å². The van der Waals surface area contributed by atoms with E-state index in [-0.39, 0.29) is 0 Å². The molecule has 82 valence electrons. The van der Waals surface area contributed by atoms with Crippen LogP contribution in [0, 0.1) is 0 Å². The molecular weight excluding hydrogens is 228 g/mol. The monoisotopic (exact) mass is 236 g/mol. The number of anilines is 2. The minimum atomic E-state index is 0.334. The number of rotatable bonds is 3. The zero-order valence-electron chi connectivity index (χ0n) is 8.22. The first-order valence-corrected chi connectivity index (χ1v) is 4.90. The molecule has 2 rings (SSSR count). The van der Waals surface area contributed by atoms with Gasteiger partial charge in [0.25, 0.3) is 0 Å². The Morgan fingerprint density at radius 1 is 1.44 bits per heavy atom. The van der Waals surface area contributed by atoms with E-state index in [1.807, 2.05) is 12.1 Å².